The van der Waals surface area contributed by atoms with Crippen molar-refractivity contribution in [1.82, 2.24) is 20.4 Å². The Morgan fingerprint density at radius 2 is 2.14 bits per heavy atom. The van der Waals surface area contributed by atoms with E-state index in [0.717, 1.165) is 32.6 Å². The fourth-order valence-corrected chi connectivity index (χ4v) is 3.54. The number of aromatic nitrogens is 2. The summed E-state index contributed by atoms with van der Waals surface area (Å²) in [5.41, 5.74) is -0.00839. The molecule has 2 amide bonds. The zero-order chi connectivity index (χ0) is 15.7. The SMILES string of the molecule is Cc1noc([C@@H]2CN(C(=O)NC(C)C)CC23CCOCC3)n1. The number of amides is 2. The average Bonchev–Trinajstić information content (AvgIpc) is 3.03. The van der Waals surface area contributed by atoms with Gasteiger partial charge in [0.25, 0.3) is 0 Å². The van der Waals surface area contributed by atoms with Gasteiger partial charge >= 0.3 is 6.03 Å². The van der Waals surface area contributed by atoms with Crippen LogP contribution >= 0.6 is 0 Å². The van der Waals surface area contributed by atoms with Crippen LogP contribution in [0.2, 0.25) is 0 Å². The maximum absolute atomic E-state index is 12.4. The van der Waals surface area contributed by atoms with E-state index in [0.29, 0.717) is 18.3 Å². The monoisotopic (exact) mass is 308 g/mol. The smallest absolute Gasteiger partial charge is 0.317 e. The van der Waals surface area contributed by atoms with Crippen molar-refractivity contribution >= 4 is 6.03 Å². The fourth-order valence-electron chi connectivity index (χ4n) is 3.54. The number of aryl methyl sites for hydroxylation is 1. The van der Waals surface area contributed by atoms with Gasteiger partial charge in [-0.3, -0.25) is 0 Å². The molecule has 122 valence electrons. The van der Waals surface area contributed by atoms with Crippen LogP contribution in [0.3, 0.4) is 0 Å². The van der Waals surface area contributed by atoms with Crippen LogP contribution in [-0.2, 0) is 4.74 Å². The molecular weight excluding hydrogens is 284 g/mol. The first-order valence-electron chi connectivity index (χ1n) is 7.93. The van der Waals surface area contributed by atoms with Gasteiger partial charge in [-0.2, -0.15) is 4.98 Å². The van der Waals surface area contributed by atoms with E-state index in [9.17, 15) is 4.79 Å². The van der Waals surface area contributed by atoms with E-state index in [1.54, 1.807) is 0 Å². The van der Waals surface area contributed by atoms with Gasteiger partial charge in [0, 0.05) is 37.8 Å². The zero-order valence-corrected chi connectivity index (χ0v) is 13.5. The van der Waals surface area contributed by atoms with Gasteiger partial charge < -0.3 is 19.5 Å². The fraction of sp³-hybridized carbons (Fsp3) is 0.800. The molecule has 1 N–H and O–H groups in total. The Morgan fingerprint density at radius 3 is 2.73 bits per heavy atom. The minimum atomic E-state index is -0.0143. The summed E-state index contributed by atoms with van der Waals surface area (Å²) >= 11 is 0. The normalized spacial score (nSPS) is 24.2. The van der Waals surface area contributed by atoms with Crippen LogP contribution in [-0.4, -0.2) is 53.4 Å². The summed E-state index contributed by atoms with van der Waals surface area (Å²) in [7, 11) is 0. The number of nitrogens with zero attached hydrogens (tertiary/aromatic N) is 3. The molecule has 0 radical (unpaired) electrons. The van der Waals surface area contributed by atoms with Gasteiger partial charge in [0.1, 0.15) is 0 Å². The second kappa shape index (κ2) is 5.87. The van der Waals surface area contributed by atoms with Crippen LogP contribution in [0.5, 0.6) is 0 Å². The van der Waals surface area contributed by atoms with Gasteiger partial charge in [0.05, 0.1) is 5.92 Å². The number of urea groups is 1. The quantitative estimate of drug-likeness (QED) is 0.899. The van der Waals surface area contributed by atoms with Gasteiger partial charge in [-0.1, -0.05) is 5.16 Å². The number of ether oxygens (including phenoxy) is 1. The number of likely N-dealkylation sites (tertiary alicyclic amines) is 1. The summed E-state index contributed by atoms with van der Waals surface area (Å²) in [4.78, 5) is 18.7. The van der Waals surface area contributed by atoms with Gasteiger partial charge in [0.15, 0.2) is 5.82 Å². The standard InChI is InChI=1S/C15H24N4O3/c1-10(2)16-14(20)19-8-12(13-17-11(3)18-22-13)15(9-19)4-6-21-7-5-15/h10,12H,4-9H2,1-3H3,(H,16,20)/t12-/m0/s1. The minimum Gasteiger partial charge on any atom is -0.381 e. The summed E-state index contributed by atoms with van der Waals surface area (Å²) in [6.07, 6.45) is 1.84. The number of rotatable bonds is 2. The molecule has 7 heteroatoms. The molecule has 2 aliphatic rings. The van der Waals surface area contributed by atoms with Gasteiger partial charge in [-0.05, 0) is 33.6 Å². The van der Waals surface area contributed by atoms with E-state index >= 15 is 0 Å². The lowest BCUT2D eigenvalue weighted by atomic mass is 9.72. The first-order chi connectivity index (χ1) is 10.5. The average molecular weight is 308 g/mol. The molecule has 3 rings (SSSR count). The summed E-state index contributed by atoms with van der Waals surface area (Å²) < 4.78 is 10.9. The Hall–Kier alpha value is -1.63. The van der Waals surface area contributed by atoms with Gasteiger partial charge in [0.2, 0.25) is 5.89 Å². The Bertz CT molecular complexity index is 537. The highest BCUT2D eigenvalue weighted by Gasteiger charge is 2.51. The van der Waals surface area contributed by atoms with E-state index < -0.39 is 0 Å². The van der Waals surface area contributed by atoms with Crippen molar-refractivity contribution in [2.24, 2.45) is 5.41 Å². The van der Waals surface area contributed by atoms with Crippen molar-refractivity contribution in [2.45, 2.75) is 45.6 Å². The van der Waals surface area contributed by atoms with Gasteiger partial charge in [-0.15, -0.1) is 0 Å². The van der Waals surface area contributed by atoms with E-state index in [4.69, 9.17) is 9.26 Å². The minimum absolute atomic E-state index is 0.00839. The van der Waals surface area contributed by atoms with Gasteiger partial charge in [-0.25, -0.2) is 4.79 Å². The topological polar surface area (TPSA) is 80.5 Å². The number of hydrogen-bond donors (Lipinski definition) is 1. The summed E-state index contributed by atoms with van der Waals surface area (Å²) in [6.45, 7) is 8.56. The van der Waals surface area contributed by atoms with Crippen molar-refractivity contribution in [3.05, 3.63) is 11.7 Å². The molecule has 2 fully saturated rings. The Morgan fingerprint density at radius 1 is 1.41 bits per heavy atom. The van der Waals surface area contributed by atoms with E-state index in [1.807, 2.05) is 25.7 Å². The maximum Gasteiger partial charge on any atom is 0.317 e. The Balaban J connectivity index is 1.84. The molecule has 0 unspecified atom stereocenters. The highest BCUT2D eigenvalue weighted by molar-refractivity contribution is 5.75. The predicted octanol–water partition coefficient (Wildman–Crippen LogP) is 1.69. The van der Waals surface area contributed by atoms with Crippen molar-refractivity contribution in [3.63, 3.8) is 0 Å². The van der Waals surface area contributed by atoms with Crippen LogP contribution in [0.25, 0.3) is 0 Å². The number of hydrogen-bond acceptors (Lipinski definition) is 5. The third-order valence-corrected chi connectivity index (χ3v) is 4.68. The molecule has 3 heterocycles. The molecule has 2 aliphatic heterocycles. The lowest BCUT2D eigenvalue weighted by molar-refractivity contribution is 0.00940. The van der Waals surface area contributed by atoms with Crippen LogP contribution in [0.15, 0.2) is 4.52 Å². The molecule has 1 aromatic heterocycles. The zero-order valence-electron chi connectivity index (χ0n) is 13.5. The summed E-state index contributed by atoms with van der Waals surface area (Å²) in [6, 6.07) is 0.113. The Labute approximate surface area is 130 Å². The maximum atomic E-state index is 12.4. The highest BCUT2D eigenvalue weighted by atomic mass is 16.5. The van der Waals surface area contributed by atoms with Crippen LogP contribution in [0.4, 0.5) is 4.79 Å². The second-order valence-corrected chi connectivity index (χ2v) is 6.69. The molecule has 0 aromatic carbocycles. The molecule has 1 atom stereocenters. The van der Waals surface area contributed by atoms with Crippen LogP contribution in [0, 0.1) is 12.3 Å². The number of carbonyl (C=O) groups is 1. The molecule has 1 spiro atoms. The summed E-state index contributed by atoms with van der Waals surface area (Å²) in [5, 5.41) is 6.89. The third-order valence-electron chi connectivity index (χ3n) is 4.68. The second-order valence-electron chi connectivity index (χ2n) is 6.69. The summed E-state index contributed by atoms with van der Waals surface area (Å²) in [5.74, 6) is 1.39. The lowest BCUT2D eigenvalue weighted by Crippen LogP contribution is -2.43. The van der Waals surface area contributed by atoms with E-state index in [1.165, 1.54) is 0 Å². The van der Waals surface area contributed by atoms with Crippen LogP contribution < -0.4 is 5.32 Å². The molecular formula is C15H24N4O3. The largest absolute Gasteiger partial charge is 0.381 e. The third kappa shape index (κ3) is 2.82. The van der Waals surface area contributed by atoms with Crippen molar-refractivity contribution in [3.8, 4) is 0 Å². The number of nitrogens with one attached hydrogen (secondary N) is 1. The van der Waals surface area contributed by atoms with Crippen molar-refractivity contribution in [1.29, 1.82) is 0 Å². The molecule has 0 aliphatic carbocycles. The number of carbonyl (C=O) groups excluding carboxylic acids is 1. The van der Waals surface area contributed by atoms with Crippen molar-refractivity contribution < 1.29 is 14.1 Å². The molecule has 0 saturated carbocycles. The molecule has 0 bridgehead atoms. The first-order valence-corrected chi connectivity index (χ1v) is 7.93. The molecule has 22 heavy (non-hydrogen) atoms. The highest BCUT2D eigenvalue weighted by Crippen LogP contribution is 2.49. The van der Waals surface area contributed by atoms with Crippen LogP contribution in [0.1, 0.15) is 44.3 Å². The molecule has 1 aromatic rings. The lowest BCUT2D eigenvalue weighted by Gasteiger charge is -2.36. The van der Waals surface area contributed by atoms with Crippen molar-refractivity contribution in [2.75, 3.05) is 26.3 Å². The predicted molar refractivity (Wildman–Crippen MR) is 79.5 cm³/mol. The molecule has 7 nitrogen and oxygen atoms in total. The van der Waals surface area contributed by atoms with E-state index in [2.05, 4.69) is 15.5 Å². The Kier molecular flexibility index (Phi) is 4.08. The first kappa shape index (κ1) is 15.3. The molecule has 2 saturated heterocycles. The van der Waals surface area contributed by atoms with E-state index in [-0.39, 0.29) is 23.4 Å².